The molecule has 4 aromatic rings. The maximum Gasteiger partial charge on any atom is 0.200 e. The minimum Gasteiger partial charge on any atom is -0.457 e. The van der Waals surface area contributed by atoms with E-state index >= 15 is 0 Å². The number of nitrogens with one attached hydrogen (secondary N) is 1. The third-order valence-corrected chi connectivity index (χ3v) is 4.29. The van der Waals surface area contributed by atoms with E-state index < -0.39 is 0 Å². The van der Waals surface area contributed by atoms with Gasteiger partial charge in [0.25, 0.3) is 0 Å². The van der Waals surface area contributed by atoms with Crippen LogP contribution in [0.5, 0.6) is 0 Å². The van der Waals surface area contributed by atoms with Gasteiger partial charge in [-0.1, -0.05) is 42.8 Å². The lowest BCUT2D eigenvalue weighted by Crippen LogP contribution is -2.10. The molecule has 0 saturated carbocycles. The summed E-state index contributed by atoms with van der Waals surface area (Å²) in [6.45, 7) is 3.99. The fourth-order valence-corrected chi connectivity index (χ4v) is 3.00. The number of hydrogen-bond acceptors (Lipinski definition) is 4. The van der Waals surface area contributed by atoms with Crippen LogP contribution in [0.2, 0.25) is 5.02 Å². The number of nitrogens with zero attached hydrogens (tertiary/aromatic N) is 2. The Kier molecular flexibility index (Phi) is 3.39. The second kappa shape index (κ2) is 5.46. The average molecular weight is 340 g/mol. The highest BCUT2D eigenvalue weighted by atomic mass is 35.5. The Morgan fingerprint density at radius 1 is 1.12 bits per heavy atom. The van der Waals surface area contributed by atoms with Gasteiger partial charge in [-0.2, -0.15) is 0 Å². The molecule has 0 spiro atoms. The van der Waals surface area contributed by atoms with Crippen LogP contribution < -0.4 is 5.43 Å². The molecule has 0 aliphatic carbocycles. The maximum atomic E-state index is 13.2. The van der Waals surface area contributed by atoms with Crippen molar-refractivity contribution in [1.29, 1.82) is 0 Å². The predicted octanol–water partition coefficient (Wildman–Crippen LogP) is 4.51. The van der Waals surface area contributed by atoms with Crippen LogP contribution >= 0.6 is 11.6 Å². The fourth-order valence-electron chi connectivity index (χ4n) is 2.88. The number of benzene rings is 2. The minimum absolute atomic E-state index is 0.0370. The zero-order valence-corrected chi connectivity index (χ0v) is 13.9. The highest BCUT2D eigenvalue weighted by Crippen LogP contribution is 2.32. The van der Waals surface area contributed by atoms with Crippen LogP contribution in [-0.2, 0) is 0 Å². The second-order valence-electron chi connectivity index (χ2n) is 5.98. The minimum atomic E-state index is -0.0767. The van der Waals surface area contributed by atoms with Gasteiger partial charge in [0.2, 0.25) is 5.43 Å². The quantitative estimate of drug-likeness (QED) is 0.583. The van der Waals surface area contributed by atoms with Gasteiger partial charge in [0.1, 0.15) is 5.76 Å². The number of aromatic amines is 1. The summed E-state index contributed by atoms with van der Waals surface area (Å²) in [7, 11) is 0. The summed E-state index contributed by atoms with van der Waals surface area (Å²) >= 11 is 5.97. The fraction of sp³-hybridized carbons (Fsp3) is 0.167. The number of aromatic nitrogens is 3. The van der Waals surface area contributed by atoms with Gasteiger partial charge in [-0.05, 0) is 29.8 Å². The summed E-state index contributed by atoms with van der Waals surface area (Å²) in [5, 5.41) is 11.8. The normalized spacial score (nSPS) is 11.7. The molecule has 0 amide bonds. The van der Waals surface area contributed by atoms with E-state index in [0.29, 0.717) is 32.8 Å². The molecule has 0 aliphatic heterocycles. The van der Waals surface area contributed by atoms with Gasteiger partial charge in [-0.3, -0.25) is 9.89 Å². The maximum absolute atomic E-state index is 13.2. The first-order chi connectivity index (χ1) is 11.6. The third kappa shape index (κ3) is 2.20. The number of hydrogen-bond donors (Lipinski definition) is 1. The van der Waals surface area contributed by atoms with E-state index in [1.54, 1.807) is 24.3 Å². The van der Waals surface area contributed by atoms with E-state index in [2.05, 4.69) is 15.4 Å². The Balaban J connectivity index is 2.14. The molecule has 2 heterocycles. The summed E-state index contributed by atoms with van der Waals surface area (Å²) in [5.41, 5.74) is 3.05. The first-order valence-electron chi connectivity index (χ1n) is 7.62. The van der Waals surface area contributed by atoms with E-state index in [4.69, 9.17) is 16.0 Å². The van der Waals surface area contributed by atoms with Crippen LogP contribution in [0.3, 0.4) is 0 Å². The van der Waals surface area contributed by atoms with Gasteiger partial charge in [-0.25, -0.2) is 0 Å². The number of H-pyrrole nitrogens is 1. The molecule has 2 aromatic carbocycles. The Morgan fingerprint density at radius 3 is 2.58 bits per heavy atom. The first kappa shape index (κ1) is 14.9. The summed E-state index contributed by atoms with van der Waals surface area (Å²) in [5.74, 6) is 0.667. The molecule has 5 nitrogen and oxygen atoms in total. The lowest BCUT2D eigenvalue weighted by atomic mass is 9.97. The van der Waals surface area contributed by atoms with Crippen LogP contribution in [0, 0.1) is 0 Å². The third-order valence-electron chi connectivity index (χ3n) is 4.04. The summed E-state index contributed by atoms with van der Waals surface area (Å²) < 4.78 is 6.14. The van der Waals surface area contributed by atoms with Crippen LogP contribution in [0.4, 0.5) is 0 Å². The molecule has 0 unspecified atom stereocenters. The van der Waals surface area contributed by atoms with Gasteiger partial charge in [0.15, 0.2) is 11.1 Å². The molecule has 0 bridgehead atoms. The van der Waals surface area contributed by atoms with E-state index in [1.165, 1.54) is 0 Å². The number of fused-ring (bicyclic) bond motifs is 3. The largest absolute Gasteiger partial charge is 0.457 e. The SMILES string of the molecule is CC(C)c1oc2c(ccc3[nH]nnc32)c(=O)c1-c1ccc(Cl)cc1. The van der Waals surface area contributed by atoms with Crippen molar-refractivity contribution in [3.63, 3.8) is 0 Å². The number of halogens is 1. The highest BCUT2D eigenvalue weighted by Gasteiger charge is 2.20. The van der Waals surface area contributed by atoms with Gasteiger partial charge >= 0.3 is 0 Å². The molecule has 0 atom stereocenters. The lowest BCUT2D eigenvalue weighted by molar-refractivity contribution is 0.513. The van der Waals surface area contributed by atoms with Crippen molar-refractivity contribution in [2.24, 2.45) is 0 Å². The molecule has 0 saturated heterocycles. The Morgan fingerprint density at radius 2 is 1.88 bits per heavy atom. The first-order valence-corrected chi connectivity index (χ1v) is 8.00. The predicted molar refractivity (Wildman–Crippen MR) is 94.5 cm³/mol. The molecule has 24 heavy (non-hydrogen) atoms. The molecular weight excluding hydrogens is 326 g/mol. The standard InChI is InChI=1S/C18H14ClN3O2/c1-9(2)17-14(10-3-5-11(19)6-4-10)16(23)12-7-8-13-15(18(12)24-17)21-22-20-13/h3-9H,1-2H3,(H,20,21,22). The molecule has 4 rings (SSSR count). The summed E-state index contributed by atoms with van der Waals surface area (Å²) in [4.78, 5) is 13.2. The van der Waals surface area contributed by atoms with Crippen molar-refractivity contribution < 1.29 is 4.42 Å². The summed E-state index contributed by atoms with van der Waals surface area (Å²) in [6, 6.07) is 10.7. The van der Waals surface area contributed by atoms with E-state index in [0.717, 1.165) is 11.1 Å². The van der Waals surface area contributed by atoms with E-state index in [-0.39, 0.29) is 11.3 Å². The van der Waals surface area contributed by atoms with Crippen molar-refractivity contribution in [1.82, 2.24) is 15.4 Å². The van der Waals surface area contributed by atoms with Crippen molar-refractivity contribution >= 4 is 33.6 Å². The van der Waals surface area contributed by atoms with Gasteiger partial charge in [-0.15, -0.1) is 5.10 Å². The zero-order chi connectivity index (χ0) is 16.8. The van der Waals surface area contributed by atoms with Crippen LogP contribution in [0.1, 0.15) is 25.5 Å². The molecule has 0 aliphatic rings. The molecule has 6 heteroatoms. The Labute approximate surface area is 142 Å². The molecule has 0 fully saturated rings. The van der Waals surface area contributed by atoms with E-state index in [1.807, 2.05) is 26.0 Å². The van der Waals surface area contributed by atoms with Gasteiger partial charge < -0.3 is 4.42 Å². The van der Waals surface area contributed by atoms with Crippen LogP contribution in [0.15, 0.2) is 45.6 Å². The van der Waals surface area contributed by atoms with Crippen molar-refractivity contribution in [2.45, 2.75) is 19.8 Å². The van der Waals surface area contributed by atoms with Gasteiger partial charge in [0, 0.05) is 10.9 Å². The molecular formula is C18H14ClN3O2. The molecule has 120 valence electrons. The average Bonchev–Trinajstić information content (AvgIpc) is 3.04. The van der Waals surface area contributed by atoms with Crippen molar-refractivity contribution in [3.05, 3.63) is 57.4 Å². The Hall–Kier alpha value is -2.66. The second-order valence-corrected chi connectivity index (χ2v) is 6.42. The van der Waals surface area contributed by atoms with Crippen molar-refractivity contribution in [2.75, 3.05) is 0 Å². The van der Waals surface area contributed by atoms with Crippen LogP contribution in [0.25, 0.3) is 33.1 Å². The smallest absolute Gasteiger partial charge is 0.200 e. The Bertz CT molecular complexity index is 1110. The highest BCUT2D eigenvalue weighted by molar-refractivity contribution is 6.30. The van der Waals surface area contributed by atoms with Crippen LogP contribution in [-0.4, -0.2) is 15.4 Å². The lowest BCUT2D eigenvalue weighted by Gasteiger charge is -2.13. The molecule has 2 aromatic heterocycles. The van der Waals surface area contributed by atoms with Gasteiger partial charge in [0.05, 0.1) is 16.5 Å². The molecule has 1 N–H and O–H groups in total. The molecule has 0 radical (unpaired) electrons. The zero-order valence-electron chi connectivity index (χ0n) is 13.1. The topological polar surface area (TPSA) is 71.8 Å². The van der Waals surface area contributed by atoms with E-state index in [9.17, 15) is 4.79 Å². The number of rotatable bonds is 2. The monoisotopic (exact) mass is 339 g/mol. The summed E-state index contributed by atoms with van der Waals surface area (Å²) in [6.07, 6.45) is 0. The van der Waals surface area contributed by atoms with Crippen molar-refractivity contribution in [3.8, 4) is 11.1 Å².